The van der Waals surface area contributed by atoms with Gasteiger partial charge in [-0.2, -0.15) is 0 Å². The van der Waals surface area contributed by atoms with E-state index in [-0.39, 0.29) is 17.2 Å². The maximum Gasteiger partial charge on any atom is 0.271 e. The molecule has 1 aliphatic carbocycles. The van der Waals surface area contributed by atoms with Gasteiger partial charge in [-0.25, -0.2) is 0 Å². The number of aliphatic hydroxyl groups is 1. The summed E-state index contributed by atoms with van der Waals surface area (Å²) in [5, 5.41) is 19.9. The van der Waals surface area contributed by atoms with Crippen LogP contribution < -0.4 is 4.90 Å². The average molecular weight is 264 g/mol. The fourth-order valence-corrected chi connectivity index (χ4v) is 2.46. The third-order valence-electron chi connectivity index (χ3n) is 3.79. The molecular weight excluding hydrogens is 244 g/mol. The number of benzene rings is 1. The zero-order valence-corrected chi connectivity index (χ0v) is 11.2. The van der Waals surface area contributed by atoms with E-state index in [4.69, 9.17) is 5.11 Å². The zero-order chi connectivity index (χ0) is 13.8. The first-order chi connectivity index (χ1) is 9.13. The van der Waals surface area contributed by atoms with Crippen molar-refractivity contribution in [1.29, 1.82) is 0 Å². The van der Waals surface area contributed by atoms with Crippen LogP contribution in [0.3, 0.4) is 0 Å². The molecule has 1 fully saturated rings. The number of nitrogens with zero attached hydrogens (tertiary/aromatic N) is 2. The Bertz CT molecular complexity index is 458. The first-order valence-electron chi connectivity index (χ1n) is 6.76. The van der Waals surface area contributed by atoms with E-state index in [1.807, 2.05) is 6.92 Å². The van der Waals surface area contributed by atoms with Crippen LogP contribution in [0.1, 0.15) is 31.2 Å². The number of aliphatic hydroxyl groups excluding tert-OH is 1. The monoisotopic (exact) mass is 264 g/mol. The molecule has 0 spiro atoms. The summed E-state index contributed by atoms with van der Waals surface area (Å²) >= 11 is 0. The molecule has 0 heterocycles. The lowest BCUT2D eigenvalue weighted by Gasteiger charge is -2.40. The second-order valence-electron chi connectivity index (χ2n) is 5.08. The van der Waals surface area contributed by atoms with Gasteiger partial charge in [0, 0.05) is 37.0 Å². The third kappa shape index (κ3) is 3.04. The van der Waals surface area contributed by atoms with Crippen molar-refractivity contribution < 1.29 is 10.0 Å². The van der Waals surface area contributed by atoms with E-state index in [1.54, 1.807) is 18.2 Å². The maximum absolute atomic E-state index is 10.9. The van der Waals surface area contributed by atoms with E-state index in [0.717, 1.165) is 30.6 Å². The fourth-order valence-electron chi connectivity index (χ4n) is 2.46. The number of anilines is 1. The van der Waals surface area contributed by atoms with Gasteiger partial charge in [0.2, 0.25) is 0 Å². The zero-order valence-electron chi connectivity index (χ0n) is 11.2. The van der Waals surface area contributed by atoms with Gasteiger partial charge in [0.15, 0.2) is 0 Å². The van der Waals surface area contributed by atoms with Crippen LogP contribution in [-0.2, 0) is 0 Å². The van der Waals surface area contributed by atoms with Crippen LogP contribution >= 0.6 is 0 Å². The van der Waals surface area contributed by atoms with E-state index < -0.39 is 0 Å². The van der Waals surface area contributed by atoms with Gasteiger partial charge < -0.3 is 10.0 Å². The highest BCUT2D eigenvalue weighted by atomic mass is 16.6. The minimum atomic E-state index is -0.353. The molecule has 0 aliphatic heterocycles. The van der Waals surface area contributed by atoms with Gasteiger partial charge in [0.05, 0.1) is 4.92 Å². The lowest BCUT2D eigenvalue weighted by molar-refractivity contribution is -0.384. The normalized spacial score (nSPS) is 15.1. The lowest BCUT2D eigenvalue weighted by atomic mass is 9.90. The molecule has 19 heavy (non-hydrogen) atoms. The van der Waals surface area contributed by atoms with Crippen LogP contribution in [-0.4, -0.2) is 29.2 Å². The van der Waals surface area contributed by atoms with Gasteiger partial charge in [0.1, 0.15) is 0 Å². The number of nitro groups is 1. The highest BCUT2D eigenvalue weighted by molar-refractivity contribution is 5.59. The van der Waals surface area contributed by atoms with E-state index in [0.29, 0.717) is 12.5 Å². The SMILES string of the molecule is Cc1ccc([N+](=O)[O-])cc1N(CCCO)C1CCC1. The molecule has 1 aliphatic rings. The second-order valence-corrected chi connectivity index (χ2v) is 5.08. The summed E-state index contributed by atoms with van der Waals surface area (Å²) in [5.74, 6) is 0. The fraction of sp³-hybridized carbons (Fsp3) is 0.571. The van der Waals surface area contributed by atoms with Crippen LogP contribution in [0.25, 0.3) is 0 Å². The van der Waals surface area contributed by atoms with Gasteiger partial charge in [-0.15, -0.1) is 0 Å². The molecule has 2 rings (SSSR count). The Balaban J connectivity index is 2.28. The molecule has 0 unspecified atom stereocenters. The van der Waals surface area contributed by atoms with E-state index in [1.165, 1.54) is 6.42 Å². The van der Waals surface area contributed by atoms with Crippen LogP contribution in [0.2, 0.25) is 0 Å². The van der Waals surface area contributed by atoms with Crippen molar-refractivity contribution in [2.75, 3.05) is 18.1 Å². The number of nitro benzene ring substituents is 1. The van der Waals surface area contributed by atoms with Crippen molar-refractivity contribution in [1.82, 2.24) is 0 Å². The molecule has 0 radical (unpaired) electrons. The summed E-state index contributed by atoms with van der Waals surface area (Å²) in [6.07, 6.45) is 4.17. The minimum absolute atomic E-state index is 0.133. The second kappa shape index (κ2) is 6.02. The molecule has 1 aromatic carbocycles. The Kier molecular flexibility index (Phi) is 4.37. The molecule has 1 N–H and O–H groups in total. The predicted molar refractivity (Wildman–Crippen MR) is 74.5 cm³/mol. The third-order valence-corrected chi connectivity index (χ3v) is 3.79. The van der Waals surface area contributed by atoms with E-state index in [2.05, 4.69) is 4.90 Å². The molecule has 104 valence electrons. The maximum atomic E-state index is 10.9. The van der Waals surface area contributed by atoms with E-state index >= 15 is 0 Å². The van der Waals surface area contributed by atoms with Gasteiger partial charge in [-0.05, 0) is 38.2 Å². The highest BCUT2D eigenvalue weighted by Gasteiger charge is 2.26. The Morgan fingerprint density at radius 2 is 2.21 bits per heavy atom. The Hall–Kier alpha value is -1.62. The summed E-state index contributed by atoms with van der Waals surface area (Å²) in [6.45, 7) is 2.88. The predicted octanol–water partition coefficient (Wildman–Crippen LogP) is 2.64. The molecule has 5 heteroatoms. The summed E-state index contributed by atoms with van der Waals surface area (Å²) in [7, 11) is 0. The van der Waals surface area contributed by atoms with Crippen molar-refractivity contribution >= 4 is 11.4 Å². The first kappa shape index (κ1) is 13.8. The Morgan fingerprint density at radius 3 is 2.74 bits per heavy atom. The molecular formula is C14H20N2O3. The topological polar surface area (TPSA) is 66.6 Å². The summed E-state index contributed by atoms with van der Waals surface area (Å²) < 4.78 is 0. The van der Waals surface area contributed by atoms with Crippen molar-refractivity contribution in [2.45, 2.75) is 38.6 Å². The smallest absolute Gasteiger partial charge is 0.271 e. The molecule has 5 nitrogen and oxygen atoms in total. The van der Waals surface area contributed by atoms with Gasteiger partial charge in [-0.1, -0.05) is 6.07 Å². The number of rotatable bonds is 6. The Labute approximate surface area is 113 Å². The van der Waals surface area contributed by atoms with Crippen molar-refractivity contribution in [3.05, 3.63) is 33.9 Å². The summed E-state index contributed by atoms with van der Waals surface area (Å²) in [4.78, 5) is 12.8. The van der Waals surface area contributed by atoms with Crippen LogP contribution in [0.4, 0.5) is 11.4 Å². The molecule has 0 atom stereocenters. The van der Waals surface area contributed by atoms with Crippen LogP contribution in [0.5, 0.6) is 0 Å². The first-order valence-corrected chi connectivity index (χ1v) is 6.76. The van der Waals surface area contributed by atoms with Gasteiger partial charge >= 0.3 is 0 Å². The highest BCUT2D eigenvalue weighted by Crippen LogP contribution is 2.33. The molecule has 0 saturated heterocycles. The lowest BCUT2D eigenvalue weighted by Crippen LogP contribution is -2.41. The summed E-state index contributed by atoms with van der Waals surface area (Å²) in [5.41, 5.74) is 2.12. The van der Waals surface area contributed by atoms with Crippen molar-refractivity contribution in [3.8, 4) is 0 Å². The molecule has 0 bridgehead atoms. The Morgan fingerprint density at radius 1 is 1.47 bits per heavy atom. The van der Waals surface area contributed by atoms with Crippen molar-refractivity contribution in [3.63, 3.8) is 0 Å². The molecule has 1 saturated carbocycles. The largest absolute Gasteiger partial charge is 0.396 e. The van der Waals surface area contributed by atoms with Crippen LogP contribution in [0.15, 0.2) is 18.2 Å². The summed E-state index contributed by atoms with van der Waals surface area (Å²) in [6, 6.07) is 5.47. The molecule has 0 amide bonds. The number of aryl methyl sites for hydroxylation is 1. The molecule has 1 aromatic rings. The number of non-ortho nitro benzene ring substituents is 1. The van der Waals surface area contributed by atoms with Gasteiger partial charge in [0.25, 0.3) is 5.69 Å². The van der Waals surface area contributed by atoms with Crippen LogP contribution in [0, 0.1) is 17.0 Å². The molecule has 0 aromatic heterocycles. The van der Waals surface area contributed by atoms with Crippen molar-refractivity contribution in [2.24, 2.45) is 0 Å². The standard InChI is InChI=1S/C14H20N2O3/c1-11-6-7-13(16(18)19)10-14(11)15(8-3-9-17)12-4-2-5-12/h6-7,10,12,17H,2-5,8-9H2,1H3. The van der Waals surface area contributed by atoms with E-state index in [9.17, 15) is 10.1 Å². The number of hydrogen-bond acceptors (Lipinski definition) is 4. The minimum Gasteiger partial charge on any atom is -0.396 e. The number of hydrogen-bond donors (Lipinski definition) is 1. The quantitative estimate of drug-likeness (QED) is 0.633. The average Bonchev–Trinajstić information content (AvgIpc) is 2.32. The van der Waals surface area contributed by atoms with Gasteiger partial charge in [-0.3, -0.25) is 10.1 Å².